The van der Waals surface area contributed by atoms with Gasteiger partial charge in [0.25, 0.3) is 0 Å². The first-order valence-electron chi connectivity index (χ1n) is 12.7. The number of hydrogen-bond acceptors (Lipinski definition) is 6. The lowest BCUT2D eigenvalue weighted by Gasteiger charge is -2.33. The van der Waals surface area contributed by atoms with Crippen LogP contribution in [0.5, 0.6) is 5.88 Å². The van der Waals surface area contributed by atoms with Gasteiger partial charge in [-0.1, -0.05) is 25.3 Å². The number of halogens is 2. The minimum absolute atomic E-state index is 0.118. The number of hydrogen-bond donors (Lipinski definition) is 1. The van der Waals surface area contributed by atoms with Crippen molar-refractivity contribution >= 4 is 40.5 Å². The number of thiophene rings is 1. The summed E-state index contributed by atoms with van der Waals surface area (Å²) in [6.45, 7) is 0.692. The maximum absolute atomic E-state index is 13.6. The van der Waals surface area contributed by atoms with Gasteiger partial charge in [-0.3, -0.25) is 4.79 Å². The van der Waals surface area contributed by atoms with E-state index >= 15 is 0 Å². The number of aromatic nitrogens is 1. The van der Waals surface area contributed by atoms with Crippen LogP contribution in [0.15, 0.2) is 35.0 Å². The van der Waals surface area contributed by atoms with Gasteiger partial charge < -0.3 is 10.1 Å². The quantitative estimate of drug-likeness (QED) is 0.320. The van der Waals surface area contributed by atoms with Gasteiger partial charge in [0.2, 0.25) is 5.88 Å². The standard InChI is InChI=1S/C27H36ClFN2O2S2/c1-30-27(20-12-13-34-17-20,15-22(32)18-35-24-11-10-21(29)14-23(24)28)25-8-5-9-26(31-25)33-16-19-6-3-2-4-7-19/h5,8-9,12-13,17,19,21,23-24,30H,2-4,6-7,10-11,14-16,18H2,1H3/t21?,23-,24?,27?/m0/s1. The Labute approximate surface area is 221 Å². The van der Waals surface area contributed by atoms with Crippen LogP contribution in [0.25, 0.3) is 0 Å². The van der Waals surface area contributed by atoms with Crippen molar-refractivity contribution in [3.8, 4) is 5.88 Å². The van der Waals surface area contributed by atoms with E-state index in [1.165, 1.54) is 32.1 Å². The molecule has 2 aromatic rings. The van der Waals surface area contributed by atoms with Crippen molar-refractivity contribution in [2.45, 2.75) is 80.1 Å². The Morgan fingerprint density at radius 3 is 2.80 bits per heavy atom. The van der Waals surface area contributed by atoms with Crippen LogP contribution in [0.3, 0.4) is 0 Å². The van der Waals surface area contributed by atoms with Gasteiger partial charge in [0.1, 0.15) is 12.0 Å². The Morgan fingerprint density at radius 1 is 1.26 bits per heavy atom. The lowest BCUT2D eigenvalue weighted by atomic mass is 9.83. The minimum atomic E-state index is -0.820. The smallest absolute Gasteiger partial charge is 0.213 e. The average molecular weight is 539 g/mol. The first-order valence-corrected chi connectivity index (χ1v) is 15.2. The molecular formula is C27H36ClFN2O2S2. The highest BCUT2D eigenvalue weighted by molar-refractivity contribution is 8.00. The highest BCUT2D eigenvalue weighted by atomic mass is 35.5. The van der Waals surface area contributed by atoms with E-state index in [2.05, 4.69) is 16.8 Å². The van der Waals surface area contributed by atoms with E-state index in [4.69, 9.17) is 21.3 Å². The molecule has 2 saturated carbocycles. The molecule has 192 valence electrons. The number of nitrogens with zero attached hydrogens (tertiary/aromatic N) is 1. The molecule has 4 rings (SSSR count). The molecule has 0 aromatic carbocycles. The first kappa shape index (κ1) is 26.9. The third-order valence-electron chi connectivity index (χ3n) is 7.36. The third kappa shape index (κ3) is 7.00. The number of carbonyl (C=O) groups excluding carboxylic acids is 1. The molecule has 2 heterocycles. The van der Waals surface area contributed by atoms with Gasteiger partial charge in [0.15, 0.2) is 0 Å². The summed E-state index contributed by atoms with van der Waals surface area (Å²) in [4.78, 5) is 18.2. The zero-order valence-corrected chi connectivity index (χ0v) is 22.8. The van der Waals surface area contributed by atoms with Crippen LogP contribution in [-0.2, 0) is 10.3 Å². The molecule has 1 N–H and O–H groups in total. The number of rotatable bonds is 11. The number of Topliss-reactive ketones (excluding diaryl/α,β-unsaturated/α-hetero) is 1. The summed E-state index contributed by atoms with van der Waals surface area (Å²) in [6, 6.07) is 7.89. The van der Waals surface area contributed by atoms with Crippen molar-refractivity contribution in [1.29, 1.82) is 0 Å². The van der Waals surface area contributed by atoms with Crippen molar-refractivity contribution in [1.82, 2.24) is 10.3 Å². The number of carbonyl (C=O) groups is 1. The van der Waals surface area contributed by atoms with Crippen LogP contribution in [0.1, 0.15) is 69.0 Å². The summed E-state index contributed by atoms with van der Waals surface area (Å²) in [5.41, 5.74) is 1.07. The molecule has 0 amide bonds. The largest absolute Gasteiger partial charge is 0.477 e. The molecule has 3 unspecified atom stereocenters. The van der Waals surface area contributed by atoms with Crippen LogP contribution in [0, 0.1) is 5.92 Å². The van der Waals surface area contributed by atoms with Gasteiger partial charge in [-0.15, -0.1) is 23.4 Å². The van der Waals surface area contributed by atoms with Gasteiger partial charge >= 0.3 is 0 Å². The fourth-order valence-corrected chi connectivity index (χ4v) is 7.67. The van der Waals surface area contributed by atoms with E-state index in [0.29, 0.717) is 37.0 Å². The molecule has 0 saturated heterocycles. The average Bonchev–Trinajstić information content (AvgIpc) is 3.42. The molecule has 0 spiro atoms. The molecule has 2 fully saturated rings. The number of thioether (sulfide) groups is 1. The van der Waals surface area contributed by atoms with E-state index in [9.17, 15) is 9.18 Å². The molecule has 4 atom stereocenters. The number of ketones is 1. The maximum atomic E-state index is 13.6. The Balaban J connectivity index is 1.47. The lowest BCUT2D eigenvalue weighted by Crippen LogP contribution is -2.44. The van der Waals surface area contributed by atoms with Gasteiger partial charge in [-0.25, -0.2) is 9.37 Å². The first-order chi connectivity index (χ1) is 17.0. The summed E-state index contributed by atoms with van der Waals surface area (Å²) in [5, 5.41) is 7.43. The monoisotopic (exact) mass is 538 g/mol. The second kappa shape index (κ2) is 12.9. The molecular weight excluding hydrogens is 503 g/mol. The molecule has 8 heteroatoms. The predicted molar refractivity (Wildman–Crippen MR) is 145 cm³/mol. The number of alkyl halides is 2. The van der Waals surface area contributed by atoms with Crippen LogP contribution in [0.2, 0.25) is 0 Å². The van der Waals surface area contributed by atoms with E-state index in [-0.39, 0.29) is 22.8 Å². The summed E-state index contributed by atoms with van der Waals surface area (Å²) >= 11 is 9.57. The fourth-order valence-electron chi connectivity index (χ4n) is 5.27. The van der Waals surface area contributed by atoms with Crippen molar-refractivity contribution in [3.63, 3.8) is 0 Å². The number of ether oxygens (including phenoxy) is 1. The van der Waals surface area contributed by atoms with Gasteiger partial charge in [0, 0.05) is 23.1 Å². The van der Waals surface area contributed by atoms with Crippen LogP contribution in [0.4, 0.5) is 4.39 Å². The Morgan fingerprint density at radius 2 is 2.09 bits per heavy atom. The second-order valence-electron chi connectivity index (χ2n) is 9.83. The topological polar surface area (TPSA) is 51.2 Å². The summed E-state index contributed by atoms with van der Waals surface area (Å²) < 4.78 is 19.8. The van der Waals surface area contributed by atoms with Crippen LogP contribution in [-0.4, -0.2) is 47.0 Å². The Hall–Kier alpha value is -1.15. The molecule has 0 aliphatic heterocycles. The van der Waals surface area contributed by atoms with Crippen molar-refractivity contribution in [2.75, 3.05) is 19.4 Å². The minimum Gasteiger partial charge on any atom is -0.477 e. The van der Waals surface area contributed by atoms with Crippen molar-refractivity contribution in [2.24, 2.45) is 5.92 Å². The van der Waals surface area contributed by atoms with Crippen molar-refractivity contribution < 1.29 is 13.9 Å². The van der Waals surface area contributed by atoms with Gasteiger partial charge in [-0.2, -0.15) is 11.3 Å². The molecule has 2 aliphatic carbocycles. The van der Waals surface area contributed by atoms with E-state index in [1.54, 1.807) is 23.1 Å². The number of nitrogens with one attached hydrogen (secondary N) is 1. The van der Waals surface area contributed by atoms with Gasteiger partial charge in [-0.05, 0) is 73.5 Å². The predicted octanol–water partition coefficient (Wildman–Crippen LogP) is 6.76. The lowest BCUT2D eigenvalue weighted by molar-refractivity contribution is -0.117. The molecule has 2 aliphatic rings. The Kier molecular flexibility index (Phi) is 9.91. The SMILES string of the molecule is CNC(CC(=O)CSC1CCC(F)C[C@@H]1Cl)(c1ccsc1)c1cccc(OCC2CCCCC2)n1. The molecule has 35 heavy (non-hydrogen) atoms. The zero-order chi connectivity index (χ0) is 24.7. The normalized spacial score (nSPS) is 25.2. The maximum Gasteiger partial charge on any atom is 0.213 e. The second-order valence-corrected chi connectivity index (χ2v) is 12.4. The number of pyridine rings is 1. The Bertz CT molecular complexity index is 941. The fraction of sp³-hybridized carbons (Fsp3) is 0.630. The third-order valence-corrected chi connectivity index (χ3v) is 10.2. The molecule has 0 bridgehead atoms. The highest BCUT2D eigenvalue weighted by Gasteiger charge is 2.38. The van der Waals surface area contributed by atoms with E-state index in [0.717, 1.165) is 17.7 Å². The summed E-state index contributed by atoms with van der Waals surface area (Å²) in [6.07, 6.45) is 7.40. The molecule has 2 aromatic heterocycles. The summed E-state index contributed by atoms with van der Waals surface area (Å²) in [5.74, 6) is 1.68. The molecule has 0 radical (unpaired) electrons. The van der Waals surface area contributed by atoms with Crippen LogP contribution < -0.4 is 10.1 Å². The van der Waals surface area contributed by atoms with E-state index in [1.807, 2.05) is 30.6 Å². The zero-order valence-electron chi connectivity index (χ0n) is 20.4. The van der Waals surface area contributed by atoms with Crippen LogP contribution >= 0.6 is 34.7 Å². The van der Waals surface area contributed by atoms with Crippen molar-refractivity contribution in [3.05, 3.63) is 46.3 Å². The summed E-state index contributed by atoms with van der Waals surface area (Å²) in [7, 11) is 1.88. The molecule has 4 nitrogen and oxygen atoms in total. The highest BCUT2D eigenvalue weighted by Crippen LogP contribution is 2.37. The van der Waals surface area contributed by atoms with Gasteiger partial charge in [0.05, 0.1) is 23.6 Å². The van der Waals surface area contributed by atoms with E-state index < -0.39 is 11.7 Å².